The lowest BCUT2D eigenvalue weighted by Crippen LogP contribution is -2.22. The summed E-state index contributed by atoms with van der Waals surface area (Å²) in [7, 11) is 0. The first kappa shape index (κ1) is 29.2. The van der Waals surface area contributed by atoms with Gasteiger partial charge in [-0.1, -0.05) is 59.6 Å². The molecule has 3 aromatic carbocycles. The predicted molar refractivity (Wildman–Crippen MR) is 177 cm³/mol. The molecule has 4 aromatic heterocycles. The number of halogens is 2. The Morgan fingerprint density at radius 3 is 2.41 bits per heavy atom. The van der Waals surface area contributed by atoms with E-state index in [4.69, 9.17) is 28.9 Å². The van der Waals surface area contributed by atoms with Gasteiger partial charge < -0.3 is 11.1 Å². The fourth-order valence-electron chi connectivity index (χ4n) is 5.46. The Hall–Kier alpha value is -5.52. The normalized spacial score (nSPS) is 11.4. The van der Waals surface area contributed by atoms with Crippen LogP contribution in [0, 0.1) is 6.92 Å². The summed E-state index contributed by atoms with van der Waals surface area (Å²) in [5, 5.41) is 19.2. The average Bonchev–Trinajstić information content (AvgIpc) is 3.75. The number of nitrogens with two attached hydrogens (primary N) is 1. The highest BCUT2D eigenvalue weighted by Gasteiger charge is 2.25. The van der Waals surface area contributed by atoms with Gasteiger partial charge in [0.15, 0.2) is 5.82 Å². The molecule has 7 rings (SSSR count). The van der Waals surface area contributed by atoms with Gasteiger partial charge in [0.2, 0.25) is 0 Å². The largest absolute Gasteiger partial charge is 0.365 e. The van der Waals surface area contributed by atoms with Crippen LogP contribution in [0.15, 0.2) is 91.4 Å². The van der Waals surface area contributed by atoms with E-state index in [0.29, 0.717) is 33.4 Å². The van der Waals surface area contributed by atoms with Crippen LogP contribution < -0.4 is 11.1 Å². The molecule has 46 heavy (non-hydrogen) atoms. The topological polar surface area (TPSA) is 139 Å². The number of nitrogens with one attached hydrogen (secondary N) is 1. The Kier molecular flexibility index (Phi) is 7.47. The molecule has 2 amide bonds. The fraction of sp³-hybridized carbons (Fsp3) is 0.0909. The molecule has 0 unspecified atom stereocenters. The van der Waals surface area contributed by atoms with Gasteiger partial charge >= 0.3 is 0 Å². The number of primary amides is 1. The molecule has 0 aliphatic heterocycles. The van der Waals surface area contributed by atoms with Crippen molar-refractivity contribution in [2.45, 2.75) is 20.0 Å². The Morgan fingerprint density at radius 1 is 0.870 bits per heavy atom. The van der Waals surface area contributed by atoms with Gasteiger partial charge in [0.05, 0.1) is 45.6 Å². The monoisotopic (exact) mass is 649 g/mol. The molecule has 0 atom stereocenters. The number of hydrogen-bond donors (Lipinski definition) is 2. The highest BCUT2D eigenvalue weighted by atomic mass is 35.5. The summed E-state index contributed by atoms with van der Waals surface area (Å²) < 4.78 is 4.81. The van der Waals surface area contributed by atoms with Crippen molar-refractivity contribution in [3.05, 3.63) is 130 Å². The maximum Gasteiger partial charge on any atom is 0.274 e. The van der Waals surface area contributed by atoms with Crippen LogP contribution in [-0.2, 0) is 13.1 Å². The van der Waals surface area contributed by atoms with Crippen LogP contribution in [0.3, 0.4) is 0 Å². The zero-order valence-corrected chi connectivity index (χ0v) is 25.9. The standard InChI is InChI=1S/C33H25Cl2N9O2/c1-19-13-21-16-42(15-20-7-3-2-4-8-20)41-30(21)28(31(36)45)29(19)38-33(46)27-14-22(39-44(27)32-25(35)10-6-12-37-32)17-43-18-23-24(34)9-5-11-26(23)40-43/h2-14,16,18H,15,17H2,1H3,(H2,36,45)(H,38,46). The van der Waals surface area contributed by atoms with Crippen LogP contribution in [0.4, 0.5) is 5.69 Å². The van der Waals surface area contributed by atoms with E-state index in [9.17, 15) is 9.59 Å². The number of amides is 2. The van der Waals surface area contributed by atoms with Gasteiger partial charge in [-0.3, -0.25) is 19.0 Å². The molecule has 0 saturated heterocycles. The number of rotatable bonds is 8. The lowest BCUT2D eigenvalue weighted by molar-refractivity contribution is 0.100. The Balaban J connectivity index is 1.27. The molecule has 0 bridgehead atoms. The van der Waals surface area contributed by atoms with Gasteiger partial charge in [-0.2, -0.15) is 15.3 Å². The fourth-order valence-corrected chi connectivity index (χ4v) is 5.88. The second kappa shape index (κ2) is 11.8. The summed E-state index contributed by atoms with van der Waals surface area (Å²) in [5.74, 6) is -1.01. The number of carbonyl (C=O) groups excluding carboxylic acids is 2. The van der Waals surface area contributed by atoms with Crippen molar-refractivity contribution < 1.29 is 9.59 Å². The summed E-state index contributed by atoms with van der Waals surface area (Å²) >= 11 is 12.8. The Labute approximate surface area is 272 Å². The number of fused-ring (bicyclic) bond motifs is 2. The number of benzene rings is 3. The van der Waals surface area contributed by atoms with Crippen molar-refractivity contribution in [1.82, 2.24) is 34.3 Å². The third kappa shape index (κ3) is 5.46. The lowest BCUT2D eigenvalue weighted by Gasteiger charge is -2.14. The van der Waals surface area contributed by atoms with Crippen LogP contribution in [0.5, 0.6) is 0 Å². The quantitative estimate of drug-likeness (QED) is 0.206. The van der Waals surface area contributed by atoms with Crippen molar-refractivity contribution in [3.63, 3.8) is 0 Å². The highest BCUT2D eigenvalue weighted by molar-refractivity contribution is 6.35. The SMILES string of the molecule is Cc1cc2cn(Cc3ccccc3)nc2c(C(N)=O)c1NC(=O)c1cc(Cn2cc3c(Cl)cccc3n2)nn1-c1ncccc1Cl. The molecule has 13 heteroatoms. The second-order valence-corrected chi connectivity index (χ2v) is 11.6. The van der Waals surface area contributed by atoms with Crippen molar-refractivity contribution in [3.8, 4) is 5.82 Å². The third-order valence-electron chi connectivity index (χ3n) is 7.52. The van der Waals surface area contributed by atoms with Crippen molar-refractivity contribution >= 4 is 62.5 Å². The molecular formula is C33H25Cl2N9O2. The summed E-state index contributed by atoms with van der Waals surface area (Å²) in [6.07, 6.45) is 5.23. The molecule has 0 saturated carbocycles. The van der Waals surface area contributed by atoms with Crippen LogP contribution in [0.25, 0.3) is 27.6 Å². The molecule has 0 spiro atoms. The summed E-state index contributed by atoms with van der Waals surface area (Å²) in [4.78, 5) is 31.3. The smallest absolute Gasteiger partial charge is 0.274 e. The molecule has 0 aliphatic rings. The Morgan fingerprint density at radius 2 is 1.65 bits per heavy atom. The number of aryl methyl sites for hydroxylation is 1. The van der Waals surface area contributed by atoms with Crippen LogP contribution in [0.2, 0.25) is 10.0 Å². The minimum absolute atomic E-state index is 0.109. The maximum atomic E-state index is 14.0. The van der Waals surface area contributed by atoms with Gasteiger partial charge in [0.25, 0.3) is 11.8 Å². The minimum atomic E-state index is -0.722. The first-order valence-corrected chi connectivity index (χ1v) is 15.0. The van der Waals surface area contributed by atoms with Gasteiger partial charge in [0, 0.05) is 29.4 Å². The molecule has 3 N–H and O–H groups in total. The van der Waals surface area contributed by atoms with Crippen molar-refractivity contribution in [1.29, 1.82) is 0 Å². The van der Waals surface area contributed by atoms with Gasteiger partial charge in [0.1, 0.15) is 11.2 Å². The lowest BCUT2D eigenvalue weighted by atomic mass is 10.0. The molecule has 0 radical (unpaired) electrons. The average molecular weight is 651 g/mol. The van der Waals surface area contributed by atoms with Crippen LogP contribution >= 0.6 is 23.2 Å². The molecule has 11 nitrogen and oxygen atoms in total. The first-order chi connectivity index (χ1) is 22.2. The zero-order chi connectivity index (χ0) is 31.9. The maximum absolute atomic E-state index is 14.0. The molecule has 7 aromatic rings. The van der Waals surface area contributed by atoms with Crippen LogP contribution in [0.1, 0.15) is 37.7 Å². The minimum Gasteiger partial charge on any atom is -0.365 e. The van der Waals surface area contributed by atoms with E-state index in [1.54, 1.807) is 46.7 Å². The van der Waals surface area contributed by atoms with Crippen molar-refractivity contribution in [2.75, 3.05) is 5.32 Å². The number of pyridine rings is 1. The van der Waals surface area contributed by atoms with Crippen LogP contribution in [-0.4, -0.2) is 46.1 Å². The number of aromatic nitrogens is 7. The zero-order valence-electron chi connectivity index (χ0n) is 24.4. The second-order valence-electron chi connectivity index (χ2n) is 10.8. The summed E-state index contributed by atoms with van der Waals surface area (Å²) in [5.41, 5.74) is 9.70. The van der Waals surface area contributed by atoms with E-state index in [1.165, 1.54) is 4.68 Å². The summed E-state index contributed by atoms with van der Waals surface area (Å²) in [6, 6.07) is 22.1. The number of carbonyl (C=O) groups is 2. The number of hydrogen-bond acceptors (Lipinski definition) is 6. The number of anilines is 1. The molecular weight excluding hydrogens is 625 g/mol. The molecule has 4 heterocycles. The molecule has 228 valence electrons. The highest BCUT2D eigenvalue weighted by Crippen LogP contribution is 2.31. The number of nitrogens with zero attached hydrogens (tertiary/aromatic N) is 7. The van der Waals surface area contributed by atoms with E-state index in [2.05, 4.69) is 25.6 Å². The van der Waals surface area contributed by atoms with Gasteiger partial charge in [-0.15, -0.1) is 0 Å². The van der Waals surface area contributed by atoms with Gasteiger partial charge in [-0.05, 0) is 54.4 Å². The summed E-state index contributed by atoms with van der Waals surface area (Å²) in [6.45, 7) is 2.53. The van der Waals surface area contributed by atoms with E-state index in [0.717, 1.165) is 21.9 Å². The third-order valence-corrected chi connectivity index (χ3v) is 8.14. The Bertz CT molecular complexity index is 2290. The molecule has 0 aliphatic carbocycles. The molecule has 0 fully saturated rings. The van der Waals surface area contributed by atoms with Crippen molar-refractivity contribution in [2.24, 2.45) is 5.73 Å². The van der Waals surface area contributed by atoms with E-state index < -0.39 is 11.8 Å². The van der Waals surface area contributed by atoms with Gasteiger partial charge in [-0.25, -0.2) is 9.67 Å². The first-order valence-electron chi connectivity index (χ1n) is 14.2. The van der Waals surface area contributed by atoms with E-state index >= 15 is 0 Å². The van der Waals surface area contributed by atoms with E-state index in [-0.39, 0.29) is 29.3 Å². The van der Waals surface area contributed by atoms with E-state index in [1.807, 2.05) is 60.9 Å². The predicted octanol–water partition coefficient (Wildman–Crippen LogP) is 6.03.